The van der Waals surface area contributed by atoms with Crippen molar-refractivity contribution in [1.82, 2.24) is 9.97 Å². The van der Waals surface area contributed by atoms with Crippen LogP contribution in [0, 0.1) is 13.8 Å². The van der Waals surface area contributed by atoms with Gasteiger partial charge in [0.1, 0.15) is 0 Å². The Hall–Kier alpha value is -1.16. The molecule has 0 saturated heterocycles. The van der Waals surface area contributed by atoms with Crippen LogP contribution < -0.4 is 11.1 Å². The minimum Gasteiger partial charge on any atom is -0.349 e. The number of nitrogens with one attached hydrogen (secondary N) is 1. The summed E-state index contributed by atoms with van der Waals surface area (Å²) in [6, 6.07) is 1.96. The number of aryl methyl sites for hydroxylation is 2. The number of nitrogens with zero attached hydrogens (tertiary/aromatic N) is 2. The second kappa shape index (κ2) is 4.57. The highest BCUT2D eigenvalue weighted by Gasteiger charge is 2.17. The molecule has 0 aliphatic heterocycles. The van der Waals surface area contributed by atoms with Crippen molar-refractivity contribution < 1.29 is 0 Å². The van der Waals surface area contributed by atoms with Crippen molar-refractivity contribution in [3.8, 4) is 0 Å². The van der Waals surface area contributed by atoms with E-state index in [1.165, 1.54) is 0 Å². The topological polar surface area (TPSA) is 63.8 Å². The van der Waals surface area contributed by atoms with Crippen molar-refractivity contribution >= 4 is 5.95 Å². The number of anilines is 1. The highest BCUT2D eigenvalue weighted by atomic mass is 15.1. The summed E-state index contributed by atoms with van der Waals surface area (Å²) >= 11 is 0. The molecule has 0 atom stereocenters. The van der Waals surface area contributed by atoms with Crippen LogP contribution in [0.5, 0.6) is 0 Å². The molecule has 0 amide bonds. The summed E-state index contributed by atoms with van der Waals surface area (Å²) in [5.74, 6) is 0.686. The quantitative estimate of drug-likeness (QED) is 0.789. The zero-order chi connectivity index (χ0) is 11.5. The van der Waals surface area contributed by atoms with Gasteiger partial charge in [0.15, 0.2) is 0 Å². The van der Waals surface area contributed by atoms with Crippen molar-refractivity contribution in [1.29, 1.82) is 0 Å². The zero-order valence-electron chi connectivity index (χ0n) is 9.96. The SMILES string of the molecule is Cc1cc(C)nc(NC(C)(C)CCN)n1. The molecule has 0 radical (unpaired) electrons. The van der Waals surface area contributed by atoms with Crippen molar-refractivity contribution in [3.63, 3.8) is 0 Å². The summed E-state index contributed by atoms with van der Waals surface area (Å²) < 4.78 is 0. The van der Waals surface area contributed by atoms with Crippen LogP contribution >= 0.6 is 0 Å². The maximum Gasteiger partial charge on any atom is 0.223 e. The van der Waals surface area contributed by atoms with Crippen LogP contribution in [0.25, 0.3) is 0 Å². The molecule has 0 fully saturated rings. The van der Waals surface area contributed by atoms with E-state index in [4.69, 9.17) is 5.73 Å². The van der Waals surface area contributed by atoms with Gasteiger partial charge in [-0.05, 0) is 46.7 Å². The summed E-state index contributed by atoms with van der Waals surface area (Å²) in [5, 5.41) is 3.30. The second-order valence-corrected chi connectivity index (χ2v) is 4.52. The fraction of sp³-hybridized carbons (Fsp3) is 0.636. The van der Waals surface area contributed by atoms with E-state index in [9.17, 15) is 0 Å². The van der Waals surface area contributed by atoms with Gasteiger partial charge < -0.3 is 11.1 Å². The van der Waals surface area contributed by atoms with Gasteiger partial charge in [-0.2, -0.15) is 0 Å². The average Bonchev–Trinajstić information content (AvgIpc) is 1.99. The van der Waals surface area contributed by atoms with Crippen molar-refractivity contribution in [2.75, 3.05) is 11.9 Å². The molecule has 3 N–H and O–H groups in total. The monoisotopic (exact) mass is 208 g/mol. The van der Waals surface area contributed by atoms with Crippen LogP contribution in [0.2, 0.25) is 0 Å². The predicted molar refractivity (Wildman–Crippen MR) is 62.9 cm³/mol. The van der Waals surface area contributed by atoms with Gasteiger partial charge >= 0.3 is 0 Å². The van der Waals surface area contributed by atoms with Crippen LogP contribution in [-0.4, -0.2) is 22.1 Å². The van der Waals surface area contributed by atoms with Crippen molar-refractivity contribution in [2.45, 2.75) is 39.7 Å². The Kier molecular flexibility index (Phi) is 3.63. The Balaban J connectivity index is 2.80. The summed E-state index contributed by atoms with van der Waals surface area (Å²) in [4.78, 5) is 8.68. The van der Waals surface area contributed by atoms with Gasteiger partial charge in [0.2, 0.25) is 5.95 Å². The molecule has 0 aromatic carbocycles. The first-order valence-electron chi connectivity index (χ1n) is 5.23. The summed E-state index contributed by atoms with van der Waals surface area (Å²) in [7, 11) is 0. The van der Waals surface area contributed by atoms with Crippen molar-refractivity contribution in [3.05, 3.63) is 17.5 Å². The molecule has 4 nitrogen and oxygen atoms in total. The molecule has 0 aliphatic rings. The Morgan fingerprint density at radius 3 is 2.27 bits per heavy atom. The third-order valence-corrected chi connectivity index (χ3v) is 2.20. The van der Waals surface area contributed by atoms with Crippen LogP contribution in [0.15, 0.2) is 6.07 Å². The second-order valence-electron chi connectivity index (χ2n) is 4.52. The number of nitrogens with two attached hydrogens (primary N) is 1. The third-order valence-electron chi connectivity index (χ3n) is 2.20. The lowest BCUT2D eigenvalue weighted by Crippen LogP contribution is -2.34. The van der Waals surface area contributed by atoms with Gasteiger partial charge in [-0.1, -0.05) is 0 Å². The highest BCUT2D eigenvalue weighted by molar-refractivity contribution is 5.30. The van der Waals surface area contributed by atoms with E-state index >= 15 is 0 Å². The molecule has 1 aromatic rings. The third kappa shape index (κ3) is 3.83. The molecule has 1 aromatic heterocycles. The molecule has 0 unspecified atom stereocenters. The first-order chi connectivity index (χ1) is 6.93. The lowest BCUT2D eigenvalue weighted by molar-refractivity contribution is 0.521. The molecule has 0 saturated carbocycles. The minimum atomic E-state index is -0.0605. The molecule has 15 heavy (non-hydrogen) atoms. The minimum absolute atomic E-state index is 0.0605. The Morgan fingerprint density at radius 2 is 1.80 bits per heavy atom. The number of aromatic nitrogens is 2. The van der Waals surface area contributed by atoms with Gasteiger partial charge in [0, 0.05) is 16.9 Å². The molecular weight excluding hydrogens is 188 g/mol. The molecule has 1 rings (SSSR count). The number of rotatable bonds is 4. The fourth-order valence-electron chi connectivity index (χ4n) is 1.51. The van der Waals surface area contributed by atoms with E-state index in [0.717, 1.165) is 17.8 Å². The number of hydrogen-bond acceptors (Lipinski definition) is 4. The first kappa shape index (κ1) is 11.9. The molecule has 0 aliphatic carbocycles. The van der Waals surface area contributed by atoms with Gasteiger partial charge in [-0.25, -0.2) is 9.97 Å². The van der Waals surface area contributed by atoms with Crippen molar-refractivity contribution in [2.24, 2.45) is 5.73 Å². The molecule has 4 heteroatoms. The predicted octanol–water partition coefficient (Wildman–Crippen LogP) is 1.63. The van der Waals surface area contributed by atoms with Gasteiger partial charge in [0.25, 0.3) is 0 Å². The standard InChI is InChI=1S/C11H20N4/c1-8-7-9(2)14-10(13-8)15-11(3,4)5-6-12/h7H,5-6,12H2,1-4H3,(H,13,14,15). The highest BCUT2D eigenvalue weighted by Crippen LogP contribution is 2.14. The van der Waals surface area contributed by atoms with E-state index in [1.807, 2.05) is 19.9 Å². The van der Waals surface area contributed by atoms with Crippen LogP contribution in [-0.2, 0) is 0 Å². The molecule has 0 spiro atoms. The zero-order valence-corrected chi connectivity index (χ0v) is 9.96. The van der Waals surface area contributed by atoms with Crippen LogP contribution in [0.3, 0.4) is 0 Å². The average molecular weight is 208 g/mol. The first-order valence-corrected chi connectivity index (χ1v) is 5.23. The Labute approximate surface area is 91.3 Å². The lowest BCUT2D eigenvalue weighted by atomic mass is 10.0. The molecule has 1 heterocycles. The lowest BCUT2D eigenvalue weighted by Gasteiger charge is -2.25. The van der Waals surface area contributed by atoms with Gasteiger partial charge in [-0.3, -0.25) is 0 Å². The van der Waals surface area contributed by atoms with Gasteiger partial charge in [0.05, 0.1) is 0 Å². The summed E-state index contributed by atoms with van der Waals surface area (Å²) in [6.07, 6.45) is 0.892. The van der Waals surface area contributed by atoms with E-state index < -0.39 is 0 Å². The van der Waals surface area contributed by atoms with E-state index in [2.05, 4.69) is 29.1 Å². The van der Waals surface area contributed by atoms with Gasteiger partial charge in [-0.15, -0.1) is 0 Å². The molecule has 84 valence electrons. The van der Waals surface area contributed by atoms with E-state index in [0.29, 0.717) is 12.5 Å². The fourth-order valence-corrected chi connectivity index (χ4v) is 1.51. The molecular formula is C11H20N4. The smallest absolute Gasteiger partial charge is 0.223 e. The van der Waals surface area contributed by atoms with E-state index in [1.54, 1.807) is 0 Å². The van der Waals surface area contributed by atoms with Crippen LogP contribution in [0.1, 0.15) is 31.7 Å². The number of hydrogen-bond donors (Lipinski definition) is 2. The Bertz CT molecular complexity index is 313. The van der Waals surface area contributed by atoms with E-state index in [-0.39, 0.29) is 5.54 Å². The normalized spacial score (nSPS) is 11.5. The summed E-state index contributed by atoms with van der Waals surface area (Å²) in [6.45, 7) is 8.79. The Morgan fingerprint density at radius 1 is 1.27 bits per heavy atom. The molecule has 0 bridgehead atoms. The summed E-state index contributed by atoms with van der Waals surface area (Å²) in [5.41, 5.74) is 7.45. The maximum atomic E-state index is 5.55. The van der Waals surface area contributed by atoms with Crippen LogP contribution in [0.4, 0.5) is 5.95 Å². The largest absolute Gasteiger partial charge is 0.349 e. The maximum absolute atomic E-state index is 5.55.